The molecule has 162 valence electrons. The number of benzene rings is 6. The summed E-state index contributed by atoms with van der Waals surface area (Å²) in [5, 5.41) is 8.54. The van der Waals surface area contributed by atoms with Gasteiger partial charge >= 0.3 is 0 Å². The molecule has 0 saturated carbocycles. The summed E-state index contributed by atoms with van der Waals surface area (Å²) in [7, 11) is 0. The van der Waals surface area contributed by atoms with Crippen molar-refractivity contribution in [2.75, 3.05) is 10.2 Å². The zero-order chi connectivity index (χ0) is 22.7. The minimum atomic E-state index is 1.06. The Balaban J connectivity index is 1.42. The van der Waals surface area contributed by atoms with Crippen molar-refractivity contribution in [1.29, 1.82) is 0 Å². The second-order valence-corrected chi connectivity index (χ2v) is 8.40. The van der Waals surface area contributed by atoms with Gasteiger partial charge in [0.1, 0.15) is 0 Å². The summed E-state index contributed by atoms with van der Waals surface area (Å²) in [4.78, 5) is 2.31. The highest BCUT2D eigenvalue weighted by Crippen LogP contribution is 2.37. The molecule has 2 heteroatoms. The van der Waals surface area contributed by atoms with Gasteiger partial charge in [0.15, 0.2) is 0 Å². The molecule has 0 spiro atoms. The van der Waals surface area contributed by atoms with Crippen LogP contribution in [0.15, 0.2) is 140 Å². The van der Waals surface area contributed by atoms with Gasteiger partial charge in [-0.3, -0.25) is 0 Å². The maximum atomic E-state index is 3.47. The molecular weight excluding hydrogens is 412 g/mol. The number of nitrogens with zero attached hydrogens (tertiary/aromatic N) is 1. The lowest BCUT2D eigenvalue weighted by molar-refractivity contribution is 1.29. The van der Waals surface area contributed by atoms with Gasteiger partial charge in [0.05, 0.1) is 0 Å². The molecule has 0 heterocycles. The summed E-state index contributed by atoms with van der Waals surface area (Å²) < 4.78 is 0. The predicted octanol–water partition coefficient (Wildman–Crippen LogP) is 9.21. The Hall–Kier alpha value is -4.56. The van der Waals surface area contributed by atoms with Crippen LogP contribution in [0.5, 0.6) is 0 Å². The maximum Gasteiger partial charge on any atom is 0.0468 e. The monoisotopic (exact) mass is 436 g/mol. The summed E-state index contributed by atoms with van der Waals surface area (Å²) in [6.07, 6.45) is 0. The van der Waals surface area contributed by atoms with E-state index in [1.807, 2.05) is 18.2 Å². The second kappa shape index (κ2) is 8.76. The number of anilines is 5. The molecule has 1 N–H and O–H groups in total. The van der Waals surface area contributed by atoms with Crippen LogP contribution in [0.4, 0.5) is 28.4 Å². The Morgan fingerprint density at radius 1 is 0.382 bits per heavy atom. The zero-order valence-corrected chi connectivity index (χ0v) is 18.7. The van der Waals surface area contributed by atoms with E-state index < -0.39 is 0 Å². The van der Waals surface area contributed by atoms with Crippen molar-refractivity contribution in [3.05, 3.63) is 140 Å². The Morgan fingerprint density at radius 2 is 0.941 bits per heavy atom. The van der Waals surface area contributed by atoms with Crippen molar-refractivity contribution in [1.82, 2.24) is 0 Å². The first-order valence-electron chi connectivity index (χ1n) is 11.5. The molecule has 0 aliphatic heterocycles. The van der Waals surface area contributed by atoms with Crippen LogP contribution in [0.3, 0.4) is 0 Å². The molecule has 0 saturated heterocycles. The molecule has 6 aromatic carbocycles. The molecular formula is C32H24N2. The van der Waals surface area contributed by atoms with Crippen molar-refractivity contribution in [3.8, 4) is 0 Å². The minimum Gasteiger partial charge on any atom is -0.356 e. The molecule has 34 heavy (non-hydrogen) atoms. The van der Waals surface area contributed by atoms with E-state index in [-0.39, 0.29) is 0 Å². The summed E-state index contributed by atoms with van der Waals surface area (Å²) in [6.45, 7) is 0. The number of nitrogens with one attached hydrogen (secondary N) is 1. The van der Waals surface area contributed by atoms with Crippen LogP contribution < -0.4 is 10.2 Å². The topological polar surface area (TPSA) is 15.3 Å². The Labute approximate surface area is 199 Å². The molecule has 0 radical (unpaired) electrons. The van der Waals surface area contributed by atoms with E-state index in [0.717, 1.165) is 28.4 Å². The molecule has 2 nitrogen and oxygen atoms in total. The Morgan fingerprint density at radius 3 is 1.74 bits per heavy atom. The third-order valence-electron chi connectivity index (χ3n) is 6.19. The van der Waals surface area contributed by atoms with Gasteiger partial charge < -0.3 is 10.2 Å². The average Bonchev–Trinajstić information content (AvgIpc) is 2.91. The van der Waals surface area contributed by atoms with Crippen molar-refractivity contribution in [2.45, 2.75) is 0 Å². The largest absolute Gasteiger partial charge is 0.356 e. The van der Waals surface area contributed by atoms with Gasteiger partial charge in [-0.15, -0.1) is 0 Å². The molecule has 0 fully saturated rings. The van der Waals surface area contributed by atoms with E-state index in [1.165, 1.54) is 21.5 Å². The lowest BCUT2D eigenvalue weighted by Crippen LogP contribution is -2.09. The van der Waals surface area contributed by atoms with E-state index in [1.54, 1.807) is 0 Å². The van der Waals surface area contributed by atoms with E-state index in [9.17, 15) is 0 Å². The average molecular weight is 437 g/mol. The molecule has 0 amide bonds. The van der Waals surface area contributed by atoms with Gasteiger partial charge in [-0.2, -0.15) is 0 Å². The number of hydrogen-bond donors (Lipinski definition) is 1. The van der Waals surface area contributed by atoms with Crippen LogP contribution in [0, 0.1) is 0 Å². The molecule has 6 aromatic rings. The number of rotatable bonds is 5. The van der Waals surface area contributed by atoms with Crippen molar-refractivity contribution in [2.24, 2.45) is 0 Å². The molecule has 0 atom stereocenters. The first-order chi connectivity index (χ1) is 16.8. The van der Waals surface area contributed by atoms with Crippen LogP contribution in [0.2, 0.25) is 0 Å². The van der Waals surface area contributed by atoms with Crippen LogP contribution in [0.1, 0.15) is 0 Å². The summed E-state index contributed by atoms with van der Waals surface area (Å²) in [5.41, 5.74) is 5.53. The zero-order valence-electron chi connectivity index (χ0n) is 18.7. The highest BCUT2D eigenvalue weighted by atomic mass is 15.1. The highest BCUT2D eigenvalue weighted by molar-refractivity contribution is 6.08. The van der Waals surface area contributed by atoms with Crippen molar-refractivity contribution < 1.29 is 0 Å². The van der Waals surface area contributed by atoms with Crippen LogP contribution in [-0.2, 0) is 0 Å². The number of hydrogen-bond acceptors (Lipinski definition) is 2. The fourth-order valence-electron chi connectivity index (χ4n) is 4.55. The number of fused-ring (bicyclic) bond motifs is 3. The SMILES string of the molecule is c1ccc(Nc2ccc(N(c3ccccc3)c3ccc4c(ccc5ccccc54)c3)cc2)cc1. The van der Waals surface area contributed by atoms with Crippen LogP contribution in [0.25, 0.3) is 21.5 Å². The van der Waals surface area contributed by atoms with Gasteiger partial charge in [-0.25, -0.2) is 0 Å². The first-order valence-corrected chi connectivity index (χ1v) is 11.5. The van der Waals surface area contributed by atoms with Gasteiger partial charge in [0.25, 0.3) is 0 Å². The quantitative estimate of drug-likeness (QED) is 0.271. The molecule has 0 aliphatic carbocycles. The minimum absolute atomic E-state index is 1.06. The molecule has 0 aromatic heterocycles. The third-order valence-corrected chi connectivity index (χ3v) is 6.19. The normalized spacial score (nSPS) is 10.9. The fraction of sp³-hybridized carbons (Fsp3) is 0. The van der Waals surface area contributed by atoms with E-state index in [0.29, 0.717) is 0 Å². The van der Waals surface area contributed by atoms with E-state index in [4.69, 9.17) is 0 Å². The molecule has 0 bridgehead atoms. The van der Waals surface area contributed by atoms with E-state index >= 15 is 0 Å². The summed E-state index contributed by atoms with van der Waals surface area (Å²) in [5.74, 6) is 0. The highest BCUT2D eigenvalue weighted by Gasteiger charge is 2.13. The van der Waals surface area contributed by atoms with Crippen molar-refractivity contribution >= 4 is 50.0 Å². The van der Waals surface area contributed by atoms with Gasteiger partial charge in [-0.1, -0.05) is 78.9 Å². The Kier molecular flexibility index (Phi) is 5.17. The fourth-order valence-corrected chi connectivity index (χ4v) is 4.55. The molecule has 0 aliphatic rings. The van der Waals surface area contributed by atoms with Gasteiger partial charge in [-0.05, 0) is 82.2 Å². The smallest absolute Gasteiger partial charge is 0.0468 e. The summed E-state index contributed by atoms with van der Waals surface area (Å²) >= 11 is 0. The van der Waals surface area contributed by atoms with Crippen LogP contribution >= 0.6 is 0 Å². The summed E-state index contributed by atoms with van der Waals surface area (Å²) in [6, 6.07) is 49.1. The standard InChI is InChI=1S/C32H24N2/c1-3-10-26(11-4-1)33-27-17-19-29(20-18-27)34(28-12-5-2-6-13-28)30-21-22-32-25(23-30)16-15-24-9-7-8-14-31(24)32/h1-23,33H. The second-order valence-electron chi connectivity index (χ2n) is 8.40. The Bertz CT molecular complexity index is 1560. The van der Waals surface area contributed by atoms with E-state index in [2.05, 4.69) is 132 Å². The lowest BCUT2D eigenvalue weighted by atomic mass is 10.0. The van der Waals surface area contributed by atoms with Crippen LogP contribution in [-0.4, -0.2) is 0 Å². The third kappa shape index (κ3) is 3.87. The number of para-hydroxylation sites is 2. The lowest BCUT2D eigenvalue weighted by Gasteiger charge is -2.26. The first kappa shape index (κ1) is 20.1. The molecule has 6 rings (SSSR count). The predicted molar refractivity (Wildman–Crippen MR) is 146 cm³/mol. The van der Waals surface area contributed by atoms with Gasteiger partial charge in [0, 0.05) is 28.4 Å². The van der Waals surface area contributed by atoms with Gasteiger partial charge in [0.2, 0.25) is 0 Å². The maximum absolute atomic E-state index is 3.47. The van der Waals surface area contributed by atoms with Crippen molar-refractivity contribution in [3.63, 3.8) is 0 Å². The molecule has 0 unspecified atom stereocenters.